The molecule has 1 aromatic heterocycles. The maximum atomic E-state index is 12.8. The van der Waals surface area contributed by atoms with Gasteiger partial charge in [0.05, 0.1) is 5.69 Å². The molecule has 0 saturated heterocycles. The first kappa shape index (κ1) is 16.0. The molecule has 0 spiro atoms. The Kier molecular flexibility index (Phi) is 5.39. The van der Waals surface area contributed by atoms with Gasteiger partial charge in [-0.25, -0.2) is 0 Å². The Morgan fingerprint density at radius 3 is 2.57 bits per heavy atom. The largest absolute Gasteiger partial charge is 0.337 e. The molecule has 5 heteroatoms. The molecule has 0 unspecified atom stereocenters. The number of amides is 1. The van der Waals surface area contributed by atoms with Gasteiger partial charge >= 0.3 is 0 Å². The number of nitrogens with zero attached hydrogens (tertiary/aromatic N) is 3. The molecule has 1 aliphatic carbocycles. The number of aryl methyl sites for hydroxylation is 2. The summed E-state index contributed by atoms with van der Waals surface area (Å²) in [5, 5.41) is 7.82. The van der Waals surface area contributed by atoms with Crippen LogP contribution in [0.1, 0.15) is 55.7 Å². The van der Waals surface area contributed by atoms with Gasteiger partial charge < -0.3 is 10.2 Å². The number of aromatic nitrogens is 2. The van der Waals surface area contributed by atoms with Crippen LogP contribution in [0.25, 0.3) is 0 Å². The highest BCUT2D eigenvalue weighted by molar-refractivity contribution is 5.92. The molecule has 1 N–H and O–H groups in total. The molecule has 0 bridgehead atoms. The van der Waals surface area contributed by atoms with Gasteiger partial charge in [0.2, 0.25) is 0 Å². The van der Waals surface area contributed by atoms with E-state index in [4.69, 9.17) is 0 Å². The SMILES string of the molecule is CCc1cc(C(=O)N(C)C2CCC(NC)CC2)n(CC)n1. The van der Waals surface area contributed by atoms with E-state index in [-0.39, 0.29) is 5.91 Å². The molecule has 0 radical (unpaired) electrons. The van der Waals surface area contributed by atoms with E-state index >= 15 is 0 Å². The van der Waals surface area contributed by atoms with Crippen molar-refractivity contribution in [1.29, 1.82) is 0 Å². The normalized spacial score (nSPS) is 22.3. The summed E-state index contributed by atoms with van der Waals surface area (Å²) in [4.78, 5) is 14.7. The number of rotatable bonds is 5. The lowest BCUT2D eigenvalue weighted by Crippen LogP contribution is -2.43. The average Bonchev–Trinajstić information content (AvgIpc) is 2.97. The van der Waals surface area contributed by atoms with Gasteiger partial charge in [0.25, 0.3) is 5.91 Å². The molecule has 1 aromatic rings. The van der Waals surface area contributed by atoms with Crippen LogP contribution >= 0.6 is 0 Å². The van der Waals surface area contributed by atoms with Crippen LogP contribution in [0.15, 0.2) is 6.07 Å². The molecule has 1 amide bonds. The van der Waals surface area contributed by atoms with E-state index in [1.54, 1.807) is 0 Å². The smallest absolute Gasteiger partial charge is 0.272 e. The molecule has 1 aliphatic rings. The van der Waals surface area contributed by atoms with Crippen molar-refractivity contribution >= 4 is 5.91 Å². The predicted octanol–water partition coefficient (Wildman–Crippen LogP) is 2.07. The number of hydrogen-bond acceptors (Lipinski definition) is 3. The zero-order valence-electron chi connectivity index (χ0n) is 13.7. The van der Waals surface area contributed by atoms with Gasteiger partial charge in [0, 0.05) is 25.7 Å². The fourth-order valence-corrected chi connectivity index (χ4v) is 3.15. The lowest BCUT2D eigenvalue weighted by Gasteiger charge is -2.34. The molecule has 1 fully saturated rings. The predicted molar refractivity (Wildman–Crippen MR) is 84.5 cm³/mol. The summed E-state index contributed by atoms with van der Waals surface area (Å²) >= 11 is 0. The first-order valence-corrected chi connectivity index (χ1v) is 8.11. The number of nitrogens with one attached hydrogen (secondary N) is 1. The molecular weight excluding hydrogens is 264 g/mol. The van der Waals surface area contributed by atoms with Crippen molar-refractivity contribution in [2.45, 2.75) is 64.6 Å². The maximum absolute atomic E-state index is 12.8. The van der Waals surface area contributed by atoms with Crippen molar-refractivity contribution < 1.29 is 4.79 Å². The average molecular weight is 292 g/mol. The summed E-state index contributed by atoms with van der Waals surface area (Å²) in [6.45, 7) is 4.84. The molecule has 2 rings (SSSR count). The summed E-state index contributed by atoms with van der Waals surface area (Å²) in [6.07, 6.45) is 5.31. The van der Waals surface area contributed by atoms with Crippen LogP contribution in [0.5, 0.6) is 0 Å². The van der Waals surface area contributed by atoms with E-state index in [0.717, 1.165) is 50.0 Å². The standard InChI is InChI=1S/C16H28N4O/c1-5-12-11-15(20(6-2)18-12)16(21)19(4)14-9-7-13(17-3)8-10-14/h11,13-14,17H,5-10H2,1-4H3. The Bertz CT molecular complexity index is 475. The summed E-state index contributed by atoms with van der Waals surface area (Å²) in [5.74, 6) is 0.108. The summed E-state index contributed by atoms with van der Waals surface area (Å²) in [7, 11) is 3.96. The molecular formula is C16H28N4O. The van der Waals surface area contributed by atoms with Crippen LogP contribution in [0, 0.1) is 0 Å². The summed E-state index contributed by atoms with van der Waals surface area (Å²) < 4.78 is 1.83. The minimum Gasteiger partial charge on any atom is -0.337 e. The number of carbonyl (C=O) groups excluding carboxylic acids is 1. The summed E-state index contributed by atoms with van der Waals surface area (Å²) in [5.41, 5.74) is 1.72. The molecule has 0 aliphatic heterocycles. The highest BCUT2D eigenvalue weighted by atomic mass is 16.2. The third-order valence-electron chi connectivity index (χ3n) is 4.68. The second-order valence-electron chi connectivity index (χ2n) is 5.90. The van der Waals surface area contributed by atoms with Gasteiger partial charge in [-0.2, -0.15) is 5.10 Å². The Balaban J connectivity index is 2.07. The van der Waals surface area contributed by atoms with Crippen LogP contribution in [0.2, 0.25) is 0 Å². The van der Waals surface area contributed by atoms with Crippen molar-refractivity contribution in [3.05, 3.63) is 17.5 Å². The minimum atomic E-state index is 0.108. The van der Waals surface area contributed by atoms with Crippen molar-refractivity contribution in [3.8, 4) is 0 Å². The van der Waals surface area contributed by atoms with Gasteiger partial charge in [-0.15, -0.1) is 0 Å². The van der Waals surface area contributed by atoms with Crippen molar-refractivity contribution in [3.63, 3.8) is 0 Å². The van der Waals surface area contributed by atoms with Gasteiger partial charge in [-0.3, -0.25) is 9.48 Å². The fraction of sp³-hybridized carbons (Fsp3) is 0.750. The number of carbonyl (C=O) groups is 1. The van der Waals surface area contributed by atoms with E-state index in [2.05, 4.69) is 17.3 Å². The van der Waals surface area contributed by atoms with E-state index < -0.39 is 0 Å². The third kappa shape index (κ3) is 3.46. The van der Waals surface area contributed by atoms with E-state index in [0.29, 0.717) is 12.1 Å². The molecule has 0 atom stereocenters. The first-order chi connectivity index (χ1) is 10.1. The van der Waals surface area contributed by atoms with E-state index in [9.17, 15) is 4.79 Å². The molecule has 0 aromatic carbocycles. The monoisotopic (exact) mass is 292 g/mol. The Labute approximate surface area is 127 Å². The zero-order valence-corrected chi connectivity index (χ0v) is 13.7. The van der Waals surface area contributed by atoms with Gasteiger partial charge in [0.1, 0.15) is 5.69 Å². The minimum absolute atomic E-state index is 0.108. The molecule has 5 nitrogen and oxygen atoms in total. The van der Waals surface area contributed by atoms with Crippen molar-refractivity contribution in [2.24, 2.45) is 0 Å². The molecule has 1 saturated carbocycles. The maximum Gasteiger partial charge on any atom is 0.272 e. The van der Waals surface area contributed by atoms with Crippen LogP contribution < -0.4 is 5.32 Å². The summed E-state index contributed by atoms with van der Waals surface area (Å²) in [6, 6.07) is 2.91. The van der Waals surface area contributed by atoms with Crippen molar-refractivity contribution in [1.82, 2.24) is 20.0 Å². The Morgan fingerprint density at radius 2 is 2.05 bits per heavy atom. The van der Waals surface area contributed by atoms with Gasteiger partial charge in [-0.1, -0.05) is 6.92 Å². The lowest BCUT2D eigenvalue weighted by molar-refractivity contribution is 0.0673. The highest BCUT2D eigenvalue weighted by Crippen LogP contribution is 2.23. The topological polar surface area (TPSA) is 50.2 Å². The van der Waals surface area contributed by atoms with Crippen molar-refractivity contribution in [2.75, 3.05) is 14.1 Å². The Hall–Kier alpha value is -1.36. The lowest BCUT2D eigenvalue weighted by atomic mass is 9.90. The van der Waals surface area contributed by atoms with E-state index in [1.165, 1.54) is 0 Å². The second-order valence-corrected chi connectivity index (χ2v) is 5.90. The van der Waals surface area contributed by atoms with Gasteiger partial charge in [0.15, 0.2) is 0 Å². The van der Waals surface area contributed by atoms with Gasteiger partial charge in [-0.05, 0) is 52.1 Å². The van der Waals surface area contributed by atoms with E-state index in [1.807, 2.05) is 36.7 Å². The molecule has 21 heavy (non-hydrogen) atoms. The third-order valence-corrected chi connectivity index (χ3v) is 4.68. The van der Waals surface area contributed by atoms with Crippen LogP contribution in [-0.4, -0.2) is 46.8 Å². The zero-order chi connectivity index (χ0) is 15.4. The molecule has 1 heterocycles. The first-order valence-electron chi connectivity index (χ1n) is 8.11. The number of hydrogen-bond donors (Lipinski definition) is 1. The quantitative estimate of drug-likeness (QED) is 0.904. The van der Waals surface area contributed by atoms with Crippen LogP contribution in [0.4, 0.5) is 0 Å². The van der Waals surface area contributed by atoms with Crippen LogP contribution in [-0.2, 0) is 13.0 Å². The Morgan fingerprint density at radius 1 is 1.38 bits per heavy atom. The fourth-order valence-electron chi connectivity index (χ4n) is 3.15. The van der Waals surface area contributed by atoms with Crippen LogP contribution in [0.3, 0.4) is 0 Å². The molecule has 118 valence electrons. The second kappa shape index (κ2) is 7.07. The highest BCUT2D eigenvalue weighted by Gasteiger charge is 2.28.